The molecule has 1 aliphatic carbocycles. The maximum Gasteiger partial charge on any atom is 0.254 e. The highest BCUT2D eigenvalue weighted by Gasteiger charge is 2.34. The standard InChI is InChI=1S/C12H18N4O/c17-12(10-6-14-15-7-10)16-11-2-1-8-4-13-5-9(8)3-11/h6-9,11,13H,1-5H2,(H,14,15)(H,16,17)/t8-,9+,11?/m0/s1. The lowest BCUT2D eigenvalue weighted by Crippen LogP contribution is -2.40. The van der Waals surface area contributed by atoms with E-state index in [9.17, 15) is 4.79 Å². The number of H-pyrrole nitrogens is 1. The first-order valence-corrected chi connectivity index (χ1v) is 6.33. The Labute approximate surface area is 100 Å². The molecule has 1 aromatic rings. The molecule has 1 saturated carbocycles. The summed E-state index contributed by atoms with van der Waals surface area (Å²) in [5.74, 6) is 1.57. The number of aromatic amines is 1. The molecule has 1 aliphatic heterocycles. The zero-order valence-electron chi connectivity index (χ0n) is 9.78. The molecule has 0 aromatic carbocycles. The largest absolute Gasteiger partial charge is 0.349 e. The van der Waals surface area contributed by atoms with E-state index in [1.54, 1.807) is 12.4 Å². The molecule has 5 nitrogen and oxygen atoms in total. The molecule has 3 N–H and O–H groups in total. The summed E-state index contributed by atoms with van der Waals surface area (Å²) in [5, 5.41) is 13.0. The molecule has 5 heteroatoms. The van der Waals surface area contributed by atoms with Crippen LogP contribution in [0, 0.1) is 11.8 Å². The highest BCUT2D eigenvalue weighted by atomic mass is 16.1. The van der Waals surface area contributed by atoms with Crippen LogP contribution in [-0.2, 0) is 0 Å². The smallest absolute Gasteiger partial charge is 0.254 e. The first kappa shape index (κ1) is 10.8. The third kappa shape index (κ3) is 2.20. The van der Waals surface area contributed by atoms with Crippen LogP contribution in [0.2, 0.25) is 0 Å². The predicted octanol–water partition coefficient (Wildman–Crippen LogP) is 0.528. The van der Waals surface area contributed by atoms with E-state index in [0.717, 1.165) is 37.8 Å². The number of rotatable bonds is 2. The van der Waals surface area contributed by atoms with Crippen LogP contribution in [0.3, 0.4) is 0 Å². The average molecular weight is 234 g/mol. The van der Waals surface area contributed by atoms with Crippen molar-refractivity contribution in [3.8, 4) is 0 Å². The second-order valence-electron chi connectivity index (χ2n) is 5.15. The molecule has 2 heterocycles. The van der Waals surface area contributed by atoms with Gasteiger partial charge in [0.15, 0.2) is 0 Å². The monoisotopic (exact) mass is 234 g/mol. The lowest BCUT2D eigenvalue weighted by Gasteiger charge is -2.31. The number of hydrogen-bond donors (Lipinski definition) is 3. The lowest BCUT2D eigenvalue weighted by atomic mass is 9.79. The minimum Gasteiger partial charge on any atom is -0.349 e. The molecule has 2 fully saturated rings. The fourth-order valence-corrected chi connectivity index (χ4v) is 3.07. The van der Waals surface area contributed by atoms with Crippen LogP contribution in [0.4, 0.5) is 0 Å². The zero-order chi connectivity index (χ0) is 11.7. The molecule has 1 aromatic heterocycles. The van der Waals surface area contributed by atoms with Gasteiger partial charge < -0.3 is 10.6 Å². The first-order valence-electron chi connectivity index (χ1n) is 6.33. The normalized spacial score (nSPS) is 32.1. The Kier molecular flexibility index (Phi) is 2.84. The number of fused-ring (bicyclic) bond motifs is 1. The Morgan fingerprint density at radius 3 is 3.06 bits per heavy atom. The Hall–Kier alpha value is -1.36. The van der Waals surface area contributed by atoms with Crippen LogP contribution in [0.5, 0.6) is 0 Å². The lowest BCUT2D eigenvalue weighted by molar-refractivity contribution is 0.0913. The molecular formula is C12H18N4O. The van der Waals surface area contributed by atoms with Crippen molar-refractivity contribution in [2.24, 2.45) is 11.8 Å². The van der Waals surface area contributed by atoms with Gasteiger partial charge in [0.05, 0.1) is 11.8 Å². The van der Waals surface area contributed by atoms with Crippen LogP contribution in [0.15, 0.2) is 12.4 Å². The van der Waals surface area contributed by atoms with Gasteiger partial charge in [-0.25, -0.2) is 0 Å². The summed E-state index contributed by atoms with van der Waals surface area (Å²) >= 11 is 0. The first-order chi connectivity index (χ1) is 8.33. The van der Waals surface area contributed by atoms with Crippen molar-refractivity contribution in [1.29, 1.82) is 0 Å². The van der Waals surface area contributed by atoms with E-state index in [0.29, 0.717) is 11.6 Å². The number of hydrogen-bond acceptors (Lipinski definition) is 3. The van der Waals surface area contributed by atoms with Crippen LogP contribution in [0.1, 0.15) is 29.6 Å². The average Bonchev–Trinajstić information content (AvgIpc) is 2.99. The summed E-state index contributed by atoms with van der Waals surface area (Å²) in [6.45, 7) is 2.27. The molecule has 1 unspecified atom stereocenters. The summed E-state index contributed by atoms with van der Waals surface area (Å²) in [7, 11) is 0. The second kappa shape index (κ2) is 4.49. The van der Waals surface area contributed by atoms with Crippen LogP contribution in [-0.4, -0.2) is 35.2 Å². The molecule has 2 aliphatic rings. The Bertz CT molecular complexity index is 389. The van der Waals surface area contributed by atoms with Crippen molar-refractivity contribution in [1.82, 2.24) is 20.8 Å². The third-order valence-corrected chi connectivity index (χ3v) is 4.05. The van der Waals surface area contributed by atoms with Crippen LogP contribution in [0.25, 0.3) is 0 Å². The van der Waals surface area contributed by atoms with Crippen LogP contribution >= 0.6 is 0 Å². The van der Waals surface area contributed by atoms with Gasteiger partial charge in [-0.15, -0.1) is 0 Å². The maximum absolute atomic E-state index is 11.9. The third-order valence-electron chi connectivity index (χ3n) is 4.05. The van der Waals surface area contributed by atoms with E-state index >= 15 is 0 Å². The van der Waals surface area contributed by atoms with Gasteiger partial charge in [0.25, 0.3) is 5.91 Å². The molecule has 92 valence electrons. The van der Waals surface area contributed by atoms with Crippen molar-refractivity contribution < 1.29 is 4.79 Å². The minimum absolute atomic E-state index is 0.00634. The predicted molar refractivity (Wildman–Crippen MR) is 63.5 cm³/mol. The molecule has 0 spiro atoms. The fourth-order valence-electron chi connectivity index (χ4n) is 3.07. The number of nitrogens with zero attached hydrogens (tertiary/aromatic N) is 1. The number of carbonyl (C=O) groups excluding carboxylic acids is 1. The van der Waals surface area contributed by atoms with Gasteiger partial charge in [-0.1, -0.05) is 0 Å². The Morgan fingerprint density at radius 1 is 1.35 bits per heavy atom. The molecule has 1 saturated heterocycles. The number of amides is 1. The highest BCUT2D eigenvalue weighted by molar-refractivity contribution is 5.93. The molecule has 0 bridgehead atoms. The number of carbonyl (C=O) groups is 1. The SMILES string of the molecule is O=C(NC1CC[C@H]2CNC[C@H]2C1)c1cn[nH]c1. The quantitative estimate of drug-likeness (QED) is 0.699. The number of nitrogens with one attached hydrogen (secondary N) is 3. The summed E-state index contributed by atoms with van der Waals surface area (Å²) in [6.07, 6.45) is 6.65. The van der Waals surface area contributed by atoms with E-state index in [1.165, 1.54) is 6.42 Å². The molecule has 3 rings (SSSR count). The molecule has 3 atom stereocenters. The molecule has 1 amide bonds. The zero-order valence-corrected chi connectivity index (χ0v) is 9.78. The van der Waals surface area contributed by atoms with Gasteiger partial charge in [-0.3, -0.25) is 9.89 Å². The maximum atomic E-state index is 11.9. The van der Waals surface area contributed by atoms with E-state index in [4.69, 9.17) is 0 Å². The van der Waals surface area contributed by atoms with Gasteiger partial charge in [-0.2, -0.15) is 5.10 Å². The van der Waals surface area contributed by atoms with Crippen LogP contribution < -0.4 is 10.6 Å². The second-order valence-corrected chi connectivity index (χ2v) is 5.15. The summed E-state index contributed by atoms with van der Waals surface area (Å²) in [6, 6.07) is 0.332. The molecule has 17 heavy (non-hydrogen) atoms. The van der Waals surface area contributed by atoms with Crippen molar-refractivity contribution in [2.45, 2.75) is 25.3 Å². The van der Waals surface area contributed by atoms with E-state index in [1.807, 2.05) is 0 Å². The molecule has 0 radical (unpaired) electrons. The number of aromatic nitrogens is 2. The van der Waals surface area contributed by atoms with Crippen molar-refractivity contribution in [3.63, 3.8) is 0 Å². The minimum atomic E-state index is -0.00634. The van der Waals surface area contributed by atoms with Gasteiger partial charge in [0.1, 0.15) is 0 Å². The highest BCUT2D eigenvalue weighted by Crippen LogP contribution is 2.32. The van der Waals surface area contributed by atoms with E-state index in [-0.39, 0.29) is 5.91 Å². The van der Waals surface area contributed by atoms with Crippen molar-refractivity contribution in [2.75, 3.05) is 13.1 Å². The van der Waals surface area contributed by atoms with Gasteiger partial charge in [-0.05, 0) is 44.2 Å². The van der Waals surface area contributed by atoms with Gasteiger partial charge >= 0.3 is 0 Å². The van der Waals surface area contributed by atoms with Crippen molar-refractivity contribution in [3.05, 3.63) is 18.0 Å². The topological polar surface area (TPSA) is 69.8 Å². The van der Waals surface area contributed by atoms with Crippen molar-refractivity contribution >= 4 is 5.91 Å². The van der Waals surface area contributed by atoms with E-state index in [2.05, 4.69) is 20.8 Å². The summed E-state index contributed by atoms with van der Waals surface area (Å²) in [5.41, 5.74) is 0.622. The Balaban J connectivity index is 1.57. The van der Waals surface area contributed by atoms with E-state index < -0.39 is 0 Å². The van der Waals surface area contributed by atoms with Gasteiger partial charge in [0.2, 0.25) is 0 Å². The summed E-state index contributed by atoms with van der Waals surface area (Å²) < 4.78 is 0. The molecular weight excluding hydrogens is 216 g/mol. The van der Waals surface area contributed by atoms with Gasteiger partial charge in [0, 0.05) is 12.2 Å². The fraction of sp³-hybridized carbons (Fsp3) is 0.667. The Morgan fingerprint density at radius 2 is 2.24 bits per heavy atom. The summed E-state index contributed by atoms with van der Waals surface area (Å²) in [4.78, 5) is 11.9.